The normalized spacial score (nSPS) is 18.7. The summed E-state index contributed by atoms with van der Waals surface area (Å²) >= 11 is 0. The van der Waals surface area contributed by atoms with Crippen LogP contribution in [0.15, 0.2) is 23.7 Å². The van der Waals surface area contributed by atoms with E-state index in [1.807, 2.05) is 27.7 Å². The van der Waals surface area contributed by atoms with Crippen molar-refractivity contribution >= 4 is 25.1 Å². The van der Waals surface area contributed by atoms with Gasteiger partial charge < -0.3 is 24.8 Å². The van der Waals surface area contributed by atoms with Crippen LogP contribution >= 0.6 is 0 Å². The monoisotopic (exact) mass is 361 g/mol. The lowest BCUT2D eigenvalue weighted by atomic mass is 9.77. The Labute approximate surface area is 153 Å². The van der Waals surface area contributed by atoms with Crippen molar-refractivity contribution in [2.75, 3.05) is 6.54 Å². The summed E-state index contributed by atoms with van der Waals surface area (Å²) in [6.07, 6.45) is 1.70. The Hall–Kier alpha value is -2.32. The van der Waals surface area contributed by atoms with Gasteiger partial charge in [0.25, 0.3) is 0 Å². The molecule has 0 aliphatic carbocycles. The first-order chi connectivity index (χ1) is 11.9. The van der Waals surface area contributed by atoms with Crippen LogP contribution in [0.2, 0.25) is 0 Å². The van der Waals surface area contributed by atoms with Gasteiger partial charge in [-0.3, -0.25) is 4.79 Å². The second-order valence-corrected chi connectivity index (χ2v) is 7.30. The molecule has 0 aromatic heterocycles. The van der Waals surface area contributed by atoms with Crippen molar-refractivity contribution in [2.24, 2.45) is 0 Å². The third-order valence-electron chi connectivity index (χ3n) is 4.70. The van der Waals surface area contributed by atoms with Crippen molar-refractivity contribution in [2.45, 2.75) is 45.8 Å². The van der Waals surface area contributed by atoms with Gasteiger partial charge in [0.15, 0.2) is 0 Å². The zero-order chi connectivity index (χ0) is 19.7. The number of carbonyl (C=O) groups excluding carboxylic acids is 1. The van der Waals surface area contributed by atoms with Crippen LogP contribution < -0.4 is 5.32 Å². The average molecular weight is 361 g/mol. The number of nitrogens with one attached hydrogen (secondary N) is 1. The Morgan fingerprint density at radius 3 is 2.27 bits per heavy atom. The van der Waals surface area contributed by atoms with Crippen LogP contribution in [-0.4, -0.2) is 47.0 Å². The van der Waals surface area contributed by atoms with Crippen LogP contribution in [0.25, 0.3) is 6.08 Å². The molecule has 3 N–H and O–H groups in total. The molecule has 1 aromatic carbocycles. The molecule has 1 heterocycles. The highest BCUT2D eigenvalue weighted by Gasteiger charge is 2.52. The summed E-state index contributed by atoms with van der Waals surface area (Å²) in [6.45, 7) is 9.29. The summed E-state index contributed by atoms with van der Waals surface area (Å²) in [6, 6.07) is 4.26. The fourth-order valence-electron chi connectivity index (χ4n) is 2.45. The summed E-state index contributed by atoms with van der Waals surface area (Å²) in [5.41, 5.74) is -0.106. The number of aromatic hydroxyl groups is 1. The smallest absolute Gasteiger partial charge is 0.492 e. The van der Waals surface area contributed by atoms with E-state index < -0.39 is 24.3 Å². The molecule has 0 spiro atoms. The number of rotatable bonds is 5. The Bertz CT molecular complexity index is 740. The molecule has 140 valence electrons. The summed E-state index contributed by atoms with van der Waals surface area (Å²) in [4.78, 5) is 22.5. The van der Waals surface area contributed by atoms with E-state index in [1.165, 1.54) is 19.1 Å². The molecule has 1 amide bonds. The second kappa shape index (κ2) is 7.13. The predicted molar refractivity (Wildman–Crippen MR) is 97.8 cm³/mol. The number of carboxylic acids is 1. The van der Waals surface area contributed by atoms with Gasteiger partial charge in [-0.15, -0.1) is 0 Å². The highest BCUT2D eigenvalue weighted by Crippen LogP contribution is 2.38. The van der Waals surface area contributed by atoms with Crippen LogP contribution in [0.5, 0.6) is 5.75 Å². The first-order valence-corrected chi connectivity index (χ1v) is 8.30. The predicted octanol–water partition coefficient (Wildman–Crippen LogP) is 2.24. The molecular weight excluding hydrogens is 337 g/mol. The summed E-state index contributed by atoms with van der Waals surface area (Å²) in [5.74, 6) is -1.74. The first kappa shape index (κ1) is 20.0. The maximum absolute atomic E-state index is 11.3. The van der Waals surface area contributed by atoms with E-state index in [0.717, 1.165) is 0 Å². The van der Waals surface area contributed by atoms with Gasteiger partial charge in [-0.1, -0.05) is 12.1 Å². The highest BCUT2D eigenvalue weighted by atomic mass is 16.7. The number of hydrogen-bond acceptors (Lipinski definition) is 5. The molecule has 26 heavy (non-hydrogen) atoms. The summed E-state index contributed by atoms with van der Waals surface area (Å²) in [5, 5.41) is 21.5. The summed E-state index contributed by atoms with van der Waals surface area (Å²) in [7, 11) is -0.686. The van der Waals surface area contributed by atoms with Crippen molar-refractivity contribution in [3.63, 3.8) is 0 Å². The highest BCUT2D eigenvalue weighted by molar-refractivity contribution is 6.56. The van der Waals surface area contributed by atoms with Gasteiger partial charge in [0.05, 0.1) is 11.2 Å². The largest absolute Gasteiger partial charge is 0.507 e. The van der Waals surface area contributed by atoms with Crippen LogP contribution in [0, 0.1) is 0 Å². The van der Waals surface area contributed by atoms with Crippen molar-refractivity contribution in [1.82, 2.24) is 5.32 Å². The van der Waals surface area contributed by atoms with Crippen molar-refractivity contribution in [1.29, 1.82) is 0 Å². The van der Waals surface area contributed by atoms with E-state index in [0.29, 0.717) is 11.0 Å². The van der Waals surface area contributed by atoms with Gasteiger partial charge >= 0.3 is 13.1 Å². The molecule has 0 saturated carbocycles. The number of carboxylic acid groups (broad SMARTS) is 1. The number of benzene rings is 1. The Morgan fingerprint density at radius 2 is 1.77 bits per heavy atom. The van der Waals surface area contributed by atoms with Crippen molar-refractivity contribution in [3.8, 4) is 5.75 Å². The van der Waals surface area contributed by atoms with Gasteiger partial charge in [0, 0.05) is 13.5 Å². The maximum atomic E-state index is 11.3. The molecule has 1 saturated heterocycles. The van der Waals surface area contributed by atoms with Crippen LogP contribution in [0.1, 0.15) is 50.5 Å². The average Bonchev–Trinajstić information content (AvgIpc) is 2.72. The van der Waals surface area contributed by atoms with Gasteiger partial charge in [-0.2, -0.15) is 0 Å². The molecule has 8 heteroatoms. The second-order valence-electron chi connectivity index (χ2n) is 7.30. The fraction of sp³-hybridized carbons (Fsp3) is 0.444. The molecule has 1 fully saturated rings. The van der Waals surface area contributed by atoms with Gasteiger partial charge in [0.1, 0.15) is 11.3 Å². The zero-order valence-corrected chi connectivity index (χ0v) is 15.6. The number of phenols is 1. The molecule has 1 aliphatic rings. The summed E-state index contributed by atoms with van der Waals surface area (Å²) < 4.78 is 12.0. The molecule has 0 radical (unpaired) electrons. The third-order valence-corrected chi connectivity index (χ3v) is 4.70. The van der Waals surface area contributed by atoms with Crippen LogP contribution in [-0.2, 0) is 14.1 Å². The van der Waals surface area contributed by atoms with E-state index in [2.05, 4.69) is 5.32 Å². The molecule has 0 atom stereocenters. The zero-order valence-electron chi connectivity index (χ0n) is 15.6. The number of aromatic carboxylic acids is 1. The number of amides is 1. The lowest BCUT2D eigenvalue weighted by Gasteiger charge is -2.32. The minimum atomic E-state index is -1.23. The van der Waals surface area contributed by atoms with E-state index in [-0.39, 0.29) is 23.8 Å². The SMILES string of the molecule is CC(=O)NCC(=Cc1ccc(O)c(C(=O)O)c1)B1OC(C)(C)C(C)(C)O1. The van der Waals surface area contributed by atoms with Gasteiger partial charge in [0.2, 0.25) is 5.91 Å². The molecule has 7 nitrogen and oxygen atoms in total. The van der Waals surface area contributed by atoms with E-state index in [1.54, 1.807) is 12.1 Å². The molecule has 0 unspecified atom stereocenters. The van der Waals surface area contributed by atoms with Gasteiger partial charge in [-0.25, -0.2) is 4.79 Å². The van der Waals surface area contributed by atoms with Crippen molar-refractivity contribution in [3.05, 3.63) is 34.8 Å². The minimum absolute atomic E-state index is 0.190. The standard InChI is InChI=1S/C18H24BNO6/c1-11(21)20-10-13(19-25-17(2,3)18(4,5)26-19)8-12-6-7-15(22)14(9-12)16(23)24/h6-9,22H,10H2,1-5H3,(H,20,21)(H,23,24). The molecule has 1 aliphatic heterocycles. The van der Waals surface area contributed by atoms with E-state index >= 15 is 0 Å². The number of carbonyl (C=O) groups is 2. The fourth-order valence-corrected chi connectivity index (χ4v) is 2.45. The minimum Gasteiger partial charge on any atom is -0.507 e. The quantitative estimate of drug-likeness (QED) is 0.695. The molecule has 2 rings (SSSR count). The topological polar surface area (TPSA) is 105 Å². The Balaban J connectivity index is 2.39. The maximum Gasteiger partial charge on any atom is 0.492 e. The van der Waals surface area contributed by atoms with Gasteiger partial charge in [-0.05, 0) is 50.9 Å². The molecule has 0 bridgehead atoms. The Kier molecular flexibility index (Phi) is 5.48. The van der Waals surface area contributed by atoms with E-state index in [9.17, 15) is 14.7 Å². The lowest BCUT2D eigenvalue weighted by Crippen LogP contribution is -2.41. The first-order valence-electron chi connectivity index (χ1n) is 8.30. The Morgan fingerprint density at radius 1 is 1.19 bits per heavy atom. The third kappa shape index (κ3) is 4.26. The van der Waals surface area contributed by atoms with Crippen LogP contribution in [0.3, 0.4) is 0 Å². The molecule has 1 aromatic rings. The van der Waals surface area contributed by atoms with E-state index in [4.69, 9.17) is 14.4 Å². The molecular formula is C18H24BNO6. The number of hydrogen-bond donors (Lipinski definition) is 3. The van der Waals surface area contributed by atoms with Crippen LogP contribution in [0.4, 0.5) is 0 Å². The lowest BCUT2D eigenvalue weighted by molar-refractivity contribution is -0.118. The van der Waals surface area contributed by atoms with Crippen molar-refractivity contribution < 1.29 is 29.1 Å².